The average Bonchev–Trinajstić information content (AvgIpc) is 2.98. The first kappa shape index (κ1) is 21.4. The van der Waals surface area contributed by atoms with Gasteiger partial charge in [-0.2, -0.15) is 5.26 Å². The minimum atomic E-state index is -2.26. The number of anilines is 2. The average molecular weight is 562 g/mol. The Morgan fingerprint density at radius 1 is 1.18 bits per heavy atom. The first-order valence-electron chi connectivity index (χ1n) is 15.1. The minimum absolute atomic E-state index is 0.0612. The highest BCUT2D eigenvalue weighted by Gasteiger charge is 2.16. The number of nitrogens with zero attached hydrogens (tertiary/aromatic N) is 4. The summed E-state index contributed by atoms with van der Waals surface area (Å²) in [6.45, 7) is -5.01. The zero-order valence-electron chi connectivity index (χ0n) is 28.0. The quantitative estimate of drug-likeness (QED) is 0.207. The van der Waals surface area contributed by atoms with Crippen molar-refractivity contribution in [3.05, 3.63) is 94.9 Å². The molecule has 204 valence electrons. The van der Waals surface area contributed by atoms with Crippen LogP contribution in [0.4, 0.5) is 11.4 Å². The number of aromatic nitrogens is 2. The number of pyridine rings is 2. The number of hydrogen-bond acceptors (Lipinski definition) is 8. The van der Waals surface area contributed by atoms with E-state index < -0.39 is 25.4 Å². The smallest absolute Gasteiger partial charge is 0.159 e. The van der Waals surface area contributed by atoms with Gasteiger partial charge < -0.3 is 19.7 Å². The summed E-state index contributed by atoms with van der Waals surface area (Å²) in [5, 5.41) is 13.6. The van der Waals surface area contributed by atoms with Gasteiger partial charge in [-0.3, -0.25) is 14.8 Å². The predicted molar refractivity (Wildman–Crippen MR) is 157 cm³/mol. The molecule has 2 aromatic heterocycles. The Labute approximate surface area is 247 Å². The van der Waals surface area contributed by atoms with Crippen LogP contribution >= 0.6 is 11.6 Å². The lowest BCUT2D eigenvalue weighted by atomic mass is 10.0. The highest BCUT2D eigenvalue weighted by Crippen LogP contribution is 2.36. The molecule has 0 aliphatic carbocycles. The first-order valence-corrected chi connectivity index (χ1v) is 12.5. The molecule has 0 saturated carbocycles. The summed E-state index contributed by atoms with van der Waals surface area (Å²) in [7, 11) is 3.07. The molecule has 0 radical (unpaired) electrons. The van der Waals surface area contributed by atoms with Crippen molar-refractivity contribution in [3.8, 4) is 17.6 Å². The van der Waals surface area contributed by atoms with E-state index in [-0.39, 0.29) is 39.8 Å². The zero-order chi connectivity index (χ0) is 33.9. The molecule has 0 bridgehead atoms. The predicted octanol–water partition coefficient (Wildman–Crippen LogP) is 6.11. The molecule has 8 nitrogen and oxygen atoms in total. The number of rotatable bonds is 12. The van der Waals surface area contributed by atoms with Gasteiger partial charge in [0.15, 0.2) is 5.78 Å². The van der Waals surface area contributed by atoms with Crippen LogP contribution < -0.4 is 14.8 Å². The fourth-order valence-electron chi connectivity index (χ4n) is 3.69. The van der Waals surface area contributed by atoms with E-state index in [1.54, 1.807) is 24.3 Å². The fourth-order valence-corrected chi connectivity index (χ4v) is 3.91. The van der Waals surface area contributed by atoms with E-state index in [1.165, 1.54) is 62.6 Å². The Hall–Kier alpha value is -4.45. The van der Waals surface area contributed by atoms with Crippen molar-refractivity contribution in [2.45, 2.75) is 19.9 Å². The molecular formula is C31H30ClN5O3. The highest BCUT2D eigenvalue weighted by atomic mass is 35.5. The number of allylic oxidation sites excluding steroid dienone is 1. The van der Waals surface area contributed by atoms with E-state index in [9.17, 15) is 10.1 Å². The second-order valence-electron chi connectivity index (χ2n) is 8.63. The van der Waals surface area contributed by atoms with Crippen LogP contribution in [-0.4, -0.2) is 47.8 Å². The van der Waals surface area contributed by atoms with E-state index in [0.29, 0.717) is 22.3 Å². The third-order valence-electron chi connectivity index (χ3n) is 5.48. The summed E-state index contributed by atoms with van der Waals surface area (Å²) in [6, 6.07) is 14.5. The van der Waals surface area contributed by atoms with Gasteiger partial charge in [-0.15, -0.1) is 0 Å². The number of carbonyl (C=O) groups is 1. The highest BCUT2D eigenvalue weighted by molar-refractivity contribution is 6.32. The number of carbonyl (C=O) groups excluding carboxylic acids is 1. The monoisotopic (exact) mass is 561 g/mol. The number of nitrogens with one attached hydrogen (secondary N) is 1. The number of likely N-dealkylation sites (N-methyl/N-ethyl adjacent to an activating group) is 1. The molecule has 4 rings (SSSR count). The van der Waals surface area contributed by atoms with Gasteiger partial charge in [0.25, 0.3) is 0 Å². The Morgan fingerprint density at radius 2 is 2.02 bits per heavy atom. The van der Waals surface area contributed by atoms with Crippen molar-refractivity contribution in [2.75, 3.05) is 32.5 Å². The summed E-state index contributed by atoms with van der Waals surface area (Å²) < 4.78 is 59.5. The van der Waals surface area contributed by atoms with Crippen LogP contribution in [0.1, 0.15) is 32.0 Å². The number of nitriles is 1. The zero-order valence-corrected chi connectivity index (χ0v) is 22.8. The maximum Gasteiger partial charge on any atom is 0.159 e. The molecule has 0 spiro atoms. The number of hydrogen-bond donors (Lipinski definition) is 1. The topological polar surface area (TPSA) is 100 Å². The molecule has 40 heavy (non-hydrogen) atoms. The molecular weight excluding hydrogens is 526 g/mol. The minimum Gasteiger partial charge on any atom is -0.494 e. The van der Waals surface area contributed by atoms with Crippen LogP contribution in [-0.2, 0) is 17.8 Å². The summed E-state index contributed by atoms with van der Waals surface area (Å²) in [6.07, 6.45) is 4.80. The molecule has 2 heterocycles. The Morgan fingerprint density at radius 3 is 2.73 bits per heavy atom. The number of ketones is 1. The van der Waals surface area contributed by atoms with Crippen LogP contribution in [0.25, 0.3) is 10.9 Å². The van der Waals surface area contributed by atoms with Gasteiger partial charge in [0.05, 0.1) is 39.5 Å². The summed E-state index contributed by atoms with van der Waals surface area (Å²) in [4.78, 5) is 22.6. The van der Waals surface area contributed by atoms with Crippen LogP contribution in [0.5, 0.6) is 11.5 Å². The van der Waals surface area contributed by atoms with Crippen molar-refractivity contribution >= 4 is 39.7 Å². The number of ether oxygens (including phenoxy) is 2. The maximum absolute atomic E-state index is 12.9. The van der Waals surface area contributed by atoms with Gasteiger partial charge in [-0.05, 0) is 63.5 Å². The normalized spacial score (nSPS) is 14.4. The van der Waals surface area contributed by atoms with Crippen LogP contribution in [0.2, 0.25) is 5.02 Å². The van der Waals surface area contributed by atoms with Crippen molar-refractivity contribution in [3.63, 3.8) is 0 Å². The van der Waals surface area contributed by atoms with Gasteiger partial charge in [-0.25, -0.2) is 0 Å². The van der Waals surface area contributed by atoms with Crippen molar-refractivity contribution in [1.82, 2.24) is 14.9 Å². The molecule has 9 heteroatoms. The second-order valence-corrected chi connectivity index (χ2v) is 9.04. The first-order chi connectivity index (χ1) is 21.5. The van der Waals surface area contributed by atoms with E-state index in [2.05, 4.69) is 21.4 Å². The maximum atomic E-state index is 12.9. The summed E-state index contributed by atoms with van der Waals surface area (Å²) in [5.74, 6) is -0.336. The van der Waals surface area contributed by atoms with Crippen LogP contribution in [0.15, 0.2) is 73.1 Å². The van der Waals surface area contributed by atoms with Crippen molar-refractivity contribution in [1.29, 1.82) is 5.26 Å². The van der Waals surface area contributed by atoms with Gasteiger partial charge in [-0.1, -0.05) is 23.7 Å². The molecule has 0 atom stereocenters. The second kappa shape index (κ2) is 13.6. The van der Waals surface area contributed by atoms with Gasteiger partial charge >= 0.3 is 0 Å². The summed E-state index contributed by atoms with van der Waals surface area (Å²) >= 11 is 6.47. The number of fused-ring (bicyclic) bond motifs is 1. The lowest BCUT2D eigenvalue weighted by Crippen LogP contribution is -2.11. The lowest BCUT2D eigenvalue weighted by Gasteiger charge is -2.16. The Balaban J connectivity index is 1.72. The molecule has 0 fully saturated rings. The Bertz CT molecular complexity index is 1830. The molecule has 2 aromatic carbocycles. The lowest BCUT2D eigenvalue weighted by molar-refractivity contribution is -0.114. The third kappa shape index (κ3) is 7.35. The van der Waals surface area contributed by atoms with Crippen molar-refractivity contribution < 1.29 is 22.5 Å². The molecule has 0 aliphatic rings. The largest absolute Gasteiger partial charge is 0.494 e. The van der Waals surface area contributed by atoms with E-state index in [1.807, 2.05) is 0 Å². The Kier molecular flexibility index (Phi) is 7.25. The SMILES string of the molecule is [2H]C([2H])(C)Oc1cc2ncc(C#N)c(Nc3ccc(OC([2H])([2H])c4ccccn4)c(Cl)c3)c2cc1CC(=O)/C=C/C([2H])([2H])N(C)C. The van der Waals surface area contributed by atoms with E-state index in [4.69, 9.17) is 29.3 Å². The molecule has 1 N–H and O–H groups in total. The van der Waals surface area contributed by atoms with Crippen LogP contribution in [0.3, 0.4) is 0 Å². The molecule has 4 aromatic rings. The van der Waals surface area contributed by atoms with E-state index in [0.717, 1.165) is 12.2 Å². The fraction of sp³-hybridized carbons (Fsp3) is 0.226. The standard InChI is InChI=1S/C31H30ClN5O3/c1-4-39-30-17-28-26(15-21(30)14-25(38)9-7-13-37(2)3)31(22(18-33)19-35-28)36-23-10-11-29(27(32)16-23)40-20-24-8-5-6-12-34-24/h5-12,15-17,19H,4,13-14,20H2,1-3H3,(H,35,36)/b9-7+/i4D2,13D2,20D2. The molecule has 0 saturated heterocycles. The van der Waals surface area contributed by atoms with Crippen LogP contribution in [0, 0.1) is 11.3 Å². The van der Waals surface area contributed by atoms with Gasteiger partial charge in [0.2, 0.25) is 0 Å². The van der Waals surface area contributed by atoms with E-state index >= 15 is 0 Å². The third-order valence-corrected chi connectivity index (χ3v) is 5.78. The van der Waals surface area contributed by atoms with Gasteiger partial charge in [0.1, 0.15) is 24.1 Å². The van der Waals surface area contributed by atoms with Crippen molar-refractivity contribution in [2.24, 2.45) is 0 Å². The number of halogens is 1. The molecule has 0 amide bonds. The summed E-state index contributed by atoms with van der Waals surface area (Å²) in [5.41, 5.74) is 1.60. The van der Waals surface area contributed by atoms with Gasteiger partial charge in [0, 0.05) is 50.8 Å². The molecule has 0 aliphatic heterocycles. The number of benzene rings is 2. The molecule has 0 unspecified atom stereocenters.